The lowest BCUT2D eigenvalue weighted by molar-refractivity contribution is 0.742. The number of benzene rings is 4. The van der Waals surface area contributed by atoms with E-state index >= 15 is 0 Å². The lowest BCUT2D eigenvalue weighted by atomic mass is 9.80. The molecule has 0 aliphatic heterocycles. The third-order valence-electron chi connectivity index (χ3n) is 6.46. The predicted molar refractivity (Wildman–Crippen MR) is 148 cm³/mol. The first-order chi connectivity index (χ1) is 16.5. The number of hydrogen-bond donors (Lipinski definition) is 0. The minimum atomic E-state index is 0.214. The van der Waals surface area contributed by atoms with Crippen LogP contribution in [0.15, 0.2) is 109 Å². The van der Waals surface area contributed by atoms with Gasteiger partial charge < -0.3 is 0 Å². The fourth-order valence-electron chi connectivity index (χ4n) is 4.24. The van der Waals surface area contributed by atoms with Crippen LogP contribution in [0.1, 0.15) is 56.3 Å². The molecule has 4 aromatic carbocycles. The summed E-state index contributed by atoms with van der Waals surface area (Å²) in [5.74, 6) is 0.428. The van der Waals surface area contributed by atoms with Crippen LogP contribution in [0.4, 0.5) is 0 Å². The maximum absolute atomic E-state index is 2.37. The summed E-state index contributed by atoms with van der Waals surface area (Å²) >= 11 is 0. The van der Waals surface area contributed by atoms with E-state index in [1.54, 1.807) is 0 Å². The van der Waals surface area contributed by atoms with Gasteiger partial charge in [0, 0.05) is 11.8 Å². The normalized spacial score (nSPS) is 13.4. The van der Waals surface area contributed by atoms with Crippen LogP contribution in [0.3, 0.4) is 0 Å². The number of rotatable bonds is 7. The Morgan fingerprint density at radius 1 is 0.382 bits per heavy atom. The number of allylic oxidation sites excluding steroid dienone is 2. The summed E-state index contributed by atoms with van der Waals surface area (Å²) in [6.07, 6.45) is 9.29. The van der Waals surface area contributed by atoms with E-state index in [2.05, 4.69) is 149 Å². The minimum Gasteiger partial charge on any atom is -0.0755 e. The molecule has 2 atom stereocenters. The van der Waals surface area contributed by atoms with E-state index in [1.807, 2.05) is 0 Å². The lowest BCUT2D eigenvalue weighted by Gasteiger charge is -2.24. The highest BCUT2D eigenvalue weighted by Gasteiger charge is 2.21. The molecule has 0 aliphatic rings. The molecule has 0 fully saturated rings. The first-order valence-electron chi connectivity index (χ1n) is 12.1. The second-order valence-corrected chi connectivity index (χ2v) is 9.41. The standard InChI is InChI=1S/C34H34/c1-25-5-13-29(14-6-25)17-23-33(31-19-9-27(3)10-20-31)34(32-21-11-28(4)12-22-32)24-18-30-15-7-26(2)8-16-30/h5-24,33-34H,1-4H3/b23-17+,24-18+/t33-,34-/m0/s1. The van der Waals surface area contributed by atoms with Crippen molar-refractivity contribution in [2.45, 2.75) is 39.5 Å². The van der Waals surface area contributed by atoms with Gasteiger partial charge in [-0.05, 0) is 49.9 Å². The van der Waals surface area contributed by atoms with Crippen LogP contribution in [0.5, 0.6) is 0 Å². The molecule has 4 rings (SSSR count). The van der Waals surface area contributed by atoms with Crippen LogP contribution in [0.25, 0.3) is 12.2 Å². The summed E-state index contributed by atoms with van der Waals surface area (Å²) in [5, 5.41) is 0. The van der Waals surface area contributed by atoms with Crippen molar-refractivity contribution in [1.82, 2.24) is 0 Å². The van der Waals surface area contributed by atoms with E-state index in [0.717, 1.165) is 0 Å². The number of aryl methyl sites for hydroxylation is 4. The van der Waals surface area contributed by atoms with Gasteiger partial charge in [0.1, 0.15) is 0 Å². The van der Waals surface area contributed by atoms with E-state index in [4.69, 9.17) is 0 Å². The molecule has 0 heterocycles. The van der Waals surface area contributed by atoms with Gasteiger partial charge in [-0.15, -0.1) is 0 Å². The molecule has 0 unspecified atom stereocenters. The van der Waals surface area contributed by atoms with Gasteiger partial charge in [0.15, 0.2) is 0 Å². The van der Waals surface area contributed by atoms with Gasteiger partial charge in [0.05, 0.1) is 0 Å². The van der Waals surface area contributed by atoms with Crippen LogP contribution in [-0.4, -0.2) is 0 Å². The second kappa shape index (κ2) is 11.0. The highest BCUT2D eigenvalue weighted by atomic mass is 14.2. The summed E-state index contributed by atoms with van der Waals surface area (Å²) in [7, 11) is 0. The van der Waals surface area contributed by atoms with E-state index in [0.29, 0.717) is 0 Å². The molecule has 0 saturated carbocycles. The van der Waals surface area contributed by atoms with E-state index in [1.165, 1.54) is 44.5 Å². The summed E-state index contributed by atoms with van der Waals surface area (Å²) in [4.78, 5) is 0. The van der Waals surface area contributed by atoms with Gasteiger partial charge in [0.2, 0.25) is 0 Å². The Balaban J connectivity index is 1.78. The van der Waals surface area contributed by atoms with Crippen molar-refractivity contribution in [3.8, 4) is 0 Å². The Morgan fingerprint density at radius 3 is 0.941 bits per heavy atom. The third kappa shape index (κ3) is 6.23. The van der Waals surface area contributed by atoms with Gasteiger partial charge in [-0.25, -0.2) is 0 Å². The summed E-state index contributed by atoms with van der Waals surface area (Å²) in [6.45, 7) is 8.56. The van der Waals surface area contributed by atoms with Gasteiger partial charge >= 0.3 is 0 Å². The second-order valence-electron chi connectivity index (χ2n) is 9.41. The molecule has 34 heavy (non-hydrogen) atoms. The van der Waals surface area contributed by atoms with E-state index < -0.39 is 0 Å². The highest BCUT2D eigenvalue weighted by molar-refractivity contribution is 5.56. The quantitative estimate of drug-likeness (QED) is 0.267. The average Bonchev–Trinajstić information content (AvgIpc) is 2.85. The molecular formula is C34H34. The lowest BCUT2D eigenvalue weighted by Crippen LogP contribution is -2.08. The molecule has 170 valence electrons. The fourth-order valence-corrected chi connectivity index (χ4v) is 4.24. The fraction of sp³-hybridized carbons (Fsp3) is 0.176. The van der Waals surface area contributed by atoms with Crippen molar-refractivity contribution in [1.29, 1.82) is 0 Å². The van der Waals surface area contributed by atoms with Gasteiger partial charge in [-0.2, -0.15) is 0 Å². The highest BCUT2D eigenvalue weighted by Crippen LogP contribution is 2.37. The van der Waals surface area contributed by atoms with Crippen molar-refractivity contribution in [3.63, 3.8) is 0 Å². The van der Waals surface area contributed by atoms with Crippen LogP contribution in [0.2, 0.25) is 0 Å². The van der Waals surface area contributed by atoms with Crippen LogP contribution in [-0.2, 0) is 0 Å². The zero-order valence-corrected chi connectivity index (χ0v) is 20.7. The third-order valence-corrected chi connectivity index (χ3v) is 6.46. The van der Waals surface area contributed by atoms with Crippen LogP contribution < -0.4 is 0 Å². The van der Waals surface area contributed by atoms with Crippen LogP contribution in [0, 0.1) is 27.7 Å². The average molecular weight is 443 g/mol. The molecule has 0 aromatic heterocycles. The smallest absolute Gasteiger partial charge is 0.0125 e. The van der Waals surface area contributed by atoms with Crippen molar-refractivity contribution >= 4 is 12.2 Å². The molecule has 0 nitrogen and oxygen atoms in total. The molecule has 0 saturated heterocycles. The zero-order valence-electron chi connectivity index (χ0n) is 20.7. The van der Waals surface area contributed by atoms with Gasteiger partial charge in [-0.3, -0.25) is 0 Å². The Kier molecular flexibility index (Phi) is 7.60. The molecule has 0 heteroatoms. The summed E-state index contributed by atoms with van der Waals surface area (Å²) < 4.78 is 0. The van der Waals surface area contributed by atoms with Crippen molar-refractivity contribution < 1.29 is 0 Å². The number of hydrogen-bond acceptors (Lipinski definition) is 0. The van der Waals surface area contributed by atoms with Gasteiger partial charge in [-0.1, -0.05) is 144 Å². The van der Waals surface area contributed by atoms with Crippen molar-refractivity contribution in [2.24, 2.45) is 0 Å². The maximum Gasteiger partial charge on any atom is 0.0125 e. The van der Waals surface area contributed by atoms with Crippen molar-refractivity contribution in [2.75, 3.05) is 0 Å². The predicted octanol–water partition coefficient (Wildman–Crippen LogP) is 9.21. The minimum absolute atomic E-state index is 0.214. The molecular weight excluding hydrogens is 408 g/mol. The SMILES string of the molecule is Cc1ccc(/C=C/[C@@H](c2ccc(C)cc2)[C@@H](/C=C/c2ccc(C)cc2)c2ccc(C)cc2)cc1. The maximum atomic E-state index is 2.37. The molecule has 0 aliphatic carbocycles. The largest absolute Gasteiger partial charge is 0.0755 e. The van der Waals surface area contributed by atoms with Gasteiger partial charge in [0.25, 0.3) is 0 Å². The summed E-state index contributed by atoms with van der Waals surface area (Å²) in [5.41, 5.74) is 10.2. The zero-order chi connectivity index (χ0) is 23.9. The summed E-state index contributed by atoms with van der Waals surface area (Å²) in [6, 6.07) is 35.5. The molecule has 4 aromatic rings. The molecule has 0 spiro atoms. The topological polar surface area (TPSA) is 0 Å². The Labute approximate surface area is 205 Å². The molecule has 0 N–H and O–H groups in total. The Hall–Kier alpha value is -3.64. The first-order valence-corrected chi connectivity index (χ1v) is 12.1. The van der Waals surface area contributed by atoms with Crippen molar-refractivity contribution in [3.05, 3.63) is 154 Å². The van der Waals surface area contributed by atoms with E-state index in [9.17, 15) is 0 Å². The Morgan fingerprint density at radius 2 is 0.647 bits per heavy atom. The molecule has 0 bridgehead atoms. The Bertz CT molecular complexity index is 1130. The van der Waals surface area contributed by atoms with E-state index in [-0.39, 0.29) is 11.8 Å². The van der Waals surface area contributed by atoms with Crippen LogP contribution >= 0.6 is 0 Å². The molecule has 0 amide bonds. The first kappa shape index (κ1) is 23.5. The monoisotopic (exact) mass is 442 g/mol. The molecule has 0 radical (unpaired) electrons.